The maximum absolute atomic E-state index is 7.28. The van der Waals surface area contributed by atoms with E-state index in [-0.39, 0.29) is 20.4 Å². The normalized spacial score (nSPS) is 11.5. The van der Waals surface area contributed by atoms with Crippen LogP contribution < -0.4 is 15.9 Å². The third-order valence-corrected chi connectivity index (χ3v) is 9.43. The minimum Gasteiger partial charge on any atom is 0 e. The molecule has 0 bridgehead atoms. The molecule has 0 aliphatic rings. The Bertz CT molecular complexity index is 693. The molecule has 0 aliphatic carbocycles. The van der Waals surface area contributed by atoms with Crippen LogP contribution in [0.5, 0.6) is 0 Å². The van der Waals surface area contributed by atoms with Gasteiger partial charge in [0.1, 0.15) is 0 Å². The number of hydrogen-bond acceptors (Lipinski definition) is 0. The molecule has 116 valence electrons. The van der Waals surface area contributed by atoms with Gasteiger partial charge < -0.3 is 0 Å². The number of rotatable bonds is 3. The summed E-state index contributed by atoms with van der Waals surface area (Å²) >= 11 is 13.7. The summed E-state index contributed by atoms with van der Waals surface area (Å²) in [4.78, 5) is 0. The third-order valence-electron chi connectivity index (χ3n) is 3.59. The summed E-state index contributed by atoms with van der Waals surface area (Å²) < 4.78 is 0. The maximum Gasteiger partial charge on any atom is 0 e. The average molecular weight is 440 g/mol. The van der Waals surface area contributed by atoms with Gasteiger partial charge in [0.05, 0.1) is 0 Å². The van der Waals surface area contributed by atoms with Crippen molar-refractivity contribution >= 4 is 45.4 Å². The van der Waals surface area contributed by atoms with E-state index in [0.717, 1.165) is 20.9 Å². The summed E-state index contributed by atoms with van der Waals surface area (Å²) in [5.74, 6) is 0. The van der Waals surface area contributed by atoms with Crippen LogP contribution in [0.3, 0.4) is 0 Å². The zero-order valence-electron chi connectivity index (χ0n) is 11.7. The number of halogens is 2. The first kappa shape index (κ1) is 17.7. The molecule has 3 rings (SSSR count). The first-order valence-corrected chi connectivity index (χ1v) is 10.2. The van der Waals surface area contributed by atoms with Gasteiger partial charge in [-0.1, -0.05) is 0 Å². The Morgan fingerprint density at radius 1 is 0.591 bits per heavy atom. The van der Waals surface area contributed by atoms with E-state index >= 15 is 0 Å². The molecule has 0 fully saturated rings. The second-order valence-corrected chi connectivity index (χ2v) is 9.99. The van der Waals surface area contributed by atoms with E-state index in [9.17, 15) is 0 Å². The van der Waals surface area contributed by atoms with Crippen LogP contribution in [-0.2, 0) is 20.4 Å². The Morgan fingerprint density at radius 2 is 1.00 bits per heavy atom. The van der Waals surface area contributed by atoms with Gasteiger partial charge in [0.2, 0.25) is 0 Å². The van der Waals surface area contributed by atoms with Crippen LogP contribution in [-0.4, -0.2) is 0 Å². The fourth-order valence-corrected chi connectivity index (χ4v) is 7.51. The fourth-order valence-electron chi connectivity index (χ4n) is 2.55. The van der Waals surface area contributed by atoms with Crippen molar-refractivity contribution in [2.45, 2.75) is 0 Å². The topological polar surface area (TPSA) is 0 Å². The van der Waals surface area contributed by atoms with Crippen molar-refractivity contribution in [1.29, 1.82) is 0 Å². The second-order valence-electron chi connectivity index (χ2n) is 4.87. The van der Waals surface area contributed by atoms with Crippen molar-refractivity contribution < 1.29 is 20.4 Å². The molecule has 3 aromatic rings. The van der Waals surface area contributed by atoms with E-state index in [1.807, 2.05) is 60.7 Å². The van der Waals surface area contributed by atoms with Crippen molar-refractivity contribution in [3.63, 3.8) is 0 Å². The molecule has 0 unspecified atom stereocenters. The largest absolute Gasteiger partial charge is 0 e. The zero-order chi connectivity index (χ0) is 14.7. The Balaban J connectivity index is 0.00000176. The molecule has 0 atom stereocenters. The minimum atomic E-state index is -2.58. The smallest absolute Gasteiger partial charge is 0 e. The first-order valence-electron chi connectivity index (χ1n) is 6.78. The summed E-state index contributed by atoms with van der Waals surface area (Å²) in [5, 5.41) is 4.05. The number of benzene rings is 3. The Hall–Kier alpha value is -0.668. The molecular weight excluding hydrogens is 424 g/mol. The van der Waals surface area contributed by atoms with Gasteiger partial charge in [0.25, 0.3) is 0 Å². The maximum atomic E-state index is 7.28. The van der Waals surface area contributed by atoms with E-state index in [2.05, 4.69) is 24.3 Å². The standard InChI is InChI=1S/C18H15Cl2P.Pd/c19-17-13-7-8-14-18(17)21(20,15-9-3-1-4-10-15)16-11-5-2-6-12-16;/h1-14,21H;. The van der Waals surface area contributed by atoms with Gasteiger partial charge in [-0.15, -0.1) is 0 Å². The molecule has 0 amide bonds. The Morgan fingerprint density at radius 3 is 1.45 bits per heavy atom. The van der Waals surface area contributed by atoms with Crippen molar-refractivity contribution in [3.8, 4) is 0 Å². The molecular formula is C18H15Cl2PPd. The van der Waals surface area contributed by atoms with Crippen LogP contribution in [0.2, 0.25) is 5.02 Å². The molecule has 0 spiro atoms. The molecule has 0 N–H and O–H groups in total. The molecule has 3 aromatic carbocycles. The molecule has 0 saturated carbocycles. The quantitative estimate of drug-likeness (QED) is 0.416. The second kappa shape index (κ2) is 7.74. The molecule has 0 nitrogen and oxygen atoms in total. The van der Waals surface area contributed by atoms with E-state index < -0.39 is 6.62 Å². The van der Waals surface area contributed by atoms with Crippen LogP contribution in [0.25, 0.3) is 0 Å². The van der Waals surface area contributed by atoms with Gasteiger partial charge in [-0.2, -0.15) is 0 Å². The Kier molecular flexibility index (Phi) is 6.22. The predicted octanol–water partition coefficient (Wildman–Crippen LogP) is 4.52. The average Bonchev–Trinajstić information content (AvgIpc) is 2.56. The van der Waals surface area contributed by atoms with Gasteiger partial charge in [-0.25, -0.2) is 0 Å². The van der Waals surface area contributed by atoms with Crippen LogP contribution in [0.1, 0.15) is 0 Å². The molecule has 0 radical (unpaired) electrons. The summed E-state index contributed by atoms with van der Waals surface area (Å²) in [5.41, 5.74) is 0. The van der Waals surface area contributed by atoms with Crippen molar-refractivity contribution in [2.75, 3.05) is 0 Å². The van der Waals surface area contributed by atoms with E-state index in [1.165, 1.54) is 0 Å². The monoisotopic (exact) mass is 438 g/mol. The van der Waals surface area contributed by atoms with Crippen molar-refractivity contribution in [3.05, 3.63) is 90.0 Å². The van der Waals surface area contributed by atoms with Crippen LogP contribution >= 0.6 is 29.5 Å². The van der Waals surface area contributed by atoms with E-state index in [4.69, 9.17) is 22.8 Å². The fraction of sp³-hybridized carbons (Fsp3) is 0. The van der Waals surface area contributed by atoms with E-state index in [1.54, 1.807) is 0 Å². The molecule has 0 heterocycles. The molecule has 0 aromatic heterocycles. The van der Waals surface area contributed by atoms with Crippen molar-refractivity contribution in [2.24, 2.45) is 0 Å². The summed E-state index contributed by atoms with van der Waals surface area (Å²) in [6.45, 7) is -2.58. The van der Waals surface area contributed by atoms with Gasteiger partial charge in [0.15, 0.2) is 0 Å². The predicted molar refractivity (Wildman–Crippen MR) is 97.4 cm³/mol. The molecule has 4 heteroatoms. The first-order chi connectivity index (χ1) is 10.2. The van der Waals surface area contributed by atoms with Crippen LogP contribution in [0, 0.1) is 0 Å². The molecule has 22 heavy (non-hydrogen) atoms. The van der Waals surface area contributed by atoms with Crippen molar-refractivity contribution in [1.82, 2.24) is 0 Å². The van der Waals surface area contributed by atoms with Gasteiger partial charge >= 0.3 is 135 Å². The summed E-state index contributed by atoms with van der Waals surface area (Å²) in [7, 11) is 0. The van der Waals surface area contributed by atoms with Crippen LogP contribution in [0.15, 0.2) is 84.9 Å². The third kappa shape index (κ3) is 3.31. The van der Waals surface area contributed by atoms with Gasteiger partial charge in [-0.05, 0) is 0 Å². The number of hydrogen-bond donors (Lipinski definition) is 0. The van der Waals surface area contributed by atoms with Crippen LogP contribution in [0.4, 0.5) is 0 Å². The molecule has 0 saturated heterocycles. The SMILES string of the molecule is Clc1ccccc1[PH](Cl)(c1ccccc1)c1ccccc1.[Pd]. The zero-order valence-corrected chi connectivity index (χ0v) is 15.7. The molecule has 0 aliphatic heterocycles. The summed E-state index contributed by atoms with van der Waals surface area (Å²) in [6, 6.07) is 28.4. The summed E-state index contributed by atoms with van der Waals surface area (Å²) in [6.07, 6.45) is 0. The van der Waals surface area contributed by atoms with E-state index in [0.29, 0.717) is 0 Å². The van der Waals surface area contributed by atoms with Gasteiger partial charge in [0, 0.05) is 20.4 Å². The Labute approximate surface area is 155 Å². The minimum absolute atomic E-state index is 0. The van der Waals surface area contributed by atoms with Gasteiger partial charge in [-0.3, -0.25) is 0 Å².